The Kier molecular flexibility index (Phi) is 3.51. The molecule has 0 radical (unpaired) electrons. The number of methoxy groups -OCH3 is 2. The molecule has 0 heterocycles. The summed E-state index contributed by atoms with van der Waals surface area (Å²) in [6.07, 6.45) is 0.723. The van der Waals surface area contributed by atoms with E-state index in [0.29, 0.717) is 0 Å². The fourth-order valence-corrected chi connectivity index (χ4v) is 5.38. The van der Waals surface area contributed by atoms with Crippen LogP contribution in [0, 0.1) is 11.8 Å². The second-order valence-corrected chi connectivity index (χ2v) is 6.48. The molecule has 0 aromatic rings. The van der Waals surface area contributed by atoms with Crippen LogP contribution in [0.1, 0.15) is 6.92 Å². The van der Waals surface area contributed by atoms with E-state index in [2.05, 4.69) is 0 Å². The molecular formula is C11H12Cl4O3. The highest BCUT2D eigenvalue weighted by atomic mass is 35.5. The zero-order chi connectivity index (χ0) is 13.9. The summed E-state index contributed by atoms with van der Waals surface area (Å²) in [6.45, 7) is 1.77. The van der Waals surface area contributed by atoms with Gasteiger partial charge in [-0.05, 0) is 5.92 Å². The van der Waals surface area contributed by atoms with Crippen molar-refractivity contribution in [1.29, 1.82) is 0 Å². The SMILES string of the molecule is COC1(OC)C2(Cl)C(Cl)=C(Cl)C1(Cl)[C@H](C=O)[C@H]2C. The molecule has 0 N–H and O–H groups in total. The van der Waals surface area contributed by atoms with E-state index in [-0.39, 0.29) is 16.0 Å². The Morgan fingerprint density at radius 3 is 1.89 bits per heavy atom. The smallest absolute Gasteiger partial charge is 0.218 e. The molecule has 2 aliphatic carbocycles. The third kappa shape index (κ3) is 1.16. The van der Waals surface area contributed by atoms with Gasteiger partial charge < -0.3 is 14.3 Å². The van der Waals surface area contributed by atoms with E-state index in [0.717, 1.165) is 6.29 Å². The summed E-state index contributed by atoms with van der Waals surface area (Å²) in [5, 5.41) is 0.287. The molecule has 4 atom stereocenters. The zero-order valence-corrected chi connectivity index (χ0v) is 13.0. The Hall–Kier alpha value is 0.490. The molecule has 7 heteroatoms. The van der Waals surface area contributed by atoms with Crippen molar-refractivity contribution in [3.8, 4) is 0 Å². The minimum absolute atomic E-state index is 0.111. The average Bonchev–Trinajstić information content (AvgIpc) is 2.59. The Labute approximate surface area is 125 Å². The van der Waals surface area contributed by atoms with Crippen LogP contribution >= 0.6 is 46.4 Å². The number of halogens is 4. The van der Waals surface area contributed by atoms with Crippen LogP contribution in [0.25, 0.3) is 0 Å². The summed E-state index contributed by atoms with van der Waals surface area (Å²) in [5.74, 6) is -2.49. The van der Waals surface area contributed by atoms with Crippen molar-refractivity contribution < 1.29 is 14.3 Å². The number of rotatable bonds is 3. The van der Waals surface area contributed by atoms with Crippen molar-refractivity contribution in [2.75, 3.05) is 14.2 Å². The third-order valence-electron chi connectivity index (χ3n) is 4.14. The lowest BCUT2D eigenvalue weighted by atomic mass is 9.84. The normalized spacial score (nSPS) is 45.7. The number of alkyl halides is 2. The van der Waals surface area contributed by atoms with Gasteiger partial charge in [-0.1, -0.05) is 30.1 Å². The monoisotopic (exact) mass is 332 g/mol. The van der Waals surface area contributed by atoms with Crippen molar-refractivity contribution in [3.05, 3.63) is 10.1 Å². The first kappa shape index (κ1) is 14.9. The molecule has 0 aromatic heterocycles. The summed E-state index contributed by atoms with van der Waals surface area (Å²) in [7, 11) is 2.80. The Bertz CT molecular complexity index is 434. The fourth-order valence-electron chi connectivity index (χ4n) is 3.22. The number of fused-ring (bicyclic) bond motifs is 2. The van der Waals surface area contributed by atoms with Crippen LogP contribution in [0.5, 0.6) is 0 Å². The minimum Gasteiger partial charge on any atom is -0.350 e. The van der Waals surface area contributed by atoms with Crippen LogP contribution in [0.4, 0.5) is 0 Å². The molecule has 0 amide bonds. The molecule has 18 heavy (non-hydrogen) atoms. The molecule has 102 valence electrons. The van der Waals surface area contributed by atoms with Gasteiger partial charge in [-0.3, -0.25) is 0 Å². The third-order valence-corrected chi connectivity index (χ3v) is 6.87. The van der Waals surface area contributed by atoms with Crippen LogP contribution in [0.3, 0.4) is 0 Å². The number of carbonyl (C=O) groups excluding carboxylic acids is 1. The van der Waals surface area contributed by atoms with Crippen LogP contribution < -0.4 is 0 Å². The molecule has 0 aliphatic heterocycles. The Morgan fingerprint density at radius 1 is 1.11 bits per heavy atom. The molecule has 0 saturated heterocycles. The van der Waals surface area contributed by atoms with Crippen molar-refractivity contribution >= 4 is 52.7 Å². The lowest BCUT2D eigenvalue weighted by Gasteiger charge is -2.41. The van der Waals surface area contributed by atoms with Gasteiger partial charge >= 0.3 is 0 Å². The summed E-state index contributed by atoms with van der Waals surface area (Å²) in [4.78, 5) is 8.67. The highest BCUT2D eigenvalue weighted by Crippen LogP contribution is 2.73. The lowest BCUT2D eigenvalue weighted by Crippen LogP contribution is -2.57. The van der Waals surface area contributed by atoms with Crippen LogP contribution in [0.15, 0.2) is 10.1 Å². The fraction of sp³-hybridized carbons (Fsp3) is 0.727. The summed E-state index contributed by atoms with van der Waals surface area (Å²) in [5.41, 5.74) is 0. The molecule has 1 fully saturated rings. The van der Waals surface area contributed by atoms with E-state index in [4.69, 9.17) is 55.9 Å². The average molecular weight is 334 g/mol. The van der Waals surface area contributed by atoms with E-state index >= 15 is 0 Å². The molecule has 1 saturated carbocycles. The largest absolute Gasteiger partial charge is 0.350 e. The van der Waals surface area contributed by atoms with Crippen molar-refractivity contribution in [2.24, 2.45) is 11.8 Å². The molecular weight excluding hydrogens is 322 g/mol. The maximum absolute atomic E-state index is 11.3. The topological polar surface area (TPSA) is 35.5 Å². The molecule has 0 spiro atoms. The predicted octanol–water partition coefficient (Wildman–Crippen LogP) is 3.10. The van der Waals surface area contributed by atoms with Gasteiger partial charge in [0.2, 0.25) is 5.79 Å². The van der Waals surface area contributed by atoms with Gasteiger partial charge in [0, 0.05) is 20.1 Å². The predicted molar refractivity (Wildman–Crippen MR) is 71.4 cm³/mol. The van der Waals surface area contributed by atoms with Gasteiger partial charge in [0.15, 0.2) is 0 Å². The minimum atomic E-state index is -1.47. The zero-order valence-electron chi connectivity index (χ0n) is 9.97. The maximum atomic E-state index is 11.3. The number of carbonyl (C=O) groups is 1. The van der Waals surface area contributed by atoms with Gasteiger partial charge in [0.05, 0.1) is 10.1 Å². The van der Waals surface area contributed by atoms with E-state index in [1.165, 1.54) is 14.2 Å². The van der Waals surface area contributed by atoms with Gasteiger partial charge in [0.1, 0.15) is 16.0 Å². The maximum Gasteiger partial charge on any atom is 0.218 e. The van der Waals surface area contributed by atoms with Gasteiger partial charge in [-0.15, -0.1) is 23.2 Å². The number of aldehydes is 1. The second-order valence-electron chi connectivity index (χ2n) is 4.53. The highest BCUT2D eigenvalue weighted by molar-refractivity contribution is 6.52. The van der Waals surface area contributed by atoms with Crippen molar-refractivity contribution in [3.63, 3.8) is 0 Å². The molecule has 0 aromatic carbocycles. The standard InChI is InChI=1S/C11H12Cl4O3/c1-5-6(4-16)10(15)8(13)7(12)9(5,14)11(10,17-2)18-3/h4-6H,1-3H3/t5-,6-,9?,10?/m1/s1. The first-order valence-electron chi connectivity index (χ1n) is 5.29. The van der Waals surface area contributed by atoms with Crippen molar-refractivity contribution in [2.45, 2.75) is 22.5 Å². The Balaban J connectivity index is 2.80. The van der Waals surface area contributed by atoms with E-state index in [1.807, 2.05) is 0 Å². The van der Waals surface area contributed by atoms with Crippen molar-refractivity contribution in [1.82, 2.24) is 0 Å². The molecule has 2 aliphatic rings. The molecule has 2 unspecified atom stereocenters. The number of hydrogen-bond donors (Lipinski definition) is 0. The van der Waals surface area contributed by atoms with E-state index in [1.54, 1.807) is 6.92 Å². The molecule has 3 nitrogen and oxygen atoms in total. The number of ether oxygens (including phenoxy) is 2. The summed E-state index contributed by atoms with van der Waals surface area (Å²) in [6, 6.07) is 0. The van der Waals surface area contributed by atoms with Crippen LogP contribution in [-0.2, 0) is 14.3 Å². The first-order valence-corrected chi connectivity index (χ1v) is 6.80. The lowest BCUT2D eigenvalue weighted by molar-refractivity contribution is -0.220. The van der Waals surface area contributed by atoms with Gasteiger partial charge in [-0.2, -0.15) is 0 Å². The van der Waals surface area contributed by atoms with Crippen LogP contribution in [-0.4, -0.2) is 36.0 Å². The Morgan fingerprint density at radius 2 is 1.56 bits per heavy atom. The second kappa shape index (κ2) is 4.24. The van der Waals surface area contributed by atoms with E-state index in [9.17, 15) is 4.79 Å². The quantitative estimate of drug-likeness (QED) is 0.452. The van der Waals surface area contributed by atoms with Gasteiger partial charge in [0.25, 0.3) is 0 Å². The summed E-state index contributed by atoms with van der Waals surface area (Å²) >= 11 is 25.6. The summed E-state index contributed by atoms with van der Waals surface area (Å²) < 4.78 is 10.9. The number of hydrogen-bond acceptors (Lipinski definition) is 3. The van der Waals surface area contributed by atoms with E-state index < -0.39 is 21.5 Å². The van der Waals surface area contributed by atoms with Gasteiger partial charge in [-0.25, -0.2) is 0 Å². The first-order chi connectivity index (χ1) is 8.29. The van der Waals surface area contributed by atoms with Crippen LogP contribution in [0.2, 0.25) is 0 Å². The molecule has 2 rings (SSSR count). The highest BCUT2D eigenvalue weighted by Gasteiger charge is 2.83. The molecule has 2 bridgehead atoms.